The fourth-order valence-electron chi connectivity index (χ4n) is 1.40. The first kappa shape index (κ1) is 17.3. The molecule has 0 saturated carbocycles. The zero-order chi connectivity index (χ0) is 16.1. The molecular weight excluding hydrogens is 284 g/mol. The summed E-state index contributed by atoms with van der Waals surface area (Å²) in [5.74, 6) is -0.614. The normalized spacial score (nSPS) is 11.1. The van der Waals surface area contributed by atoms with Gasteiger partial charge in [0.25, 0.3) is 0 Å². The highest BCUT2D eigenvalue weighted by molar-refractivity contribution is 5.75. The molecule has 0 N–H and O–H groups in total. The van der Waals surface area contributed by atoms with Crippen molar-refractivity contribution >= 4 is 5.78 Å². The molecule has 0 bridgehead atoms. The molecule has 0 heterocycles. The van der Waals surface area contributed by atoms with Gasteiger partial charge < -0.3 is 4.79 Å². The molecule has 0 spiro atoms. The van der Waals surface area contributed by atoms with E-state index in [0.29, 0.717) is 0 Å². The SMILES string of the molecule is CC(=O)CCC(CC([N+](=O)[O-])[N+](=O)[O-])([N+](=O)[O-])[N+](=O)[O-]. The van der Waals surface area contributed by atoms with Crippen LogP contribution in [0.5, 0.6) is 0 Å². The smallest absolute Gasteiger partial charge is 0.300 e. The lowest BCUT2D eigenvalue weighted by Crippen LogP contribution is -2.51. The van der Waals surface area contributed by atoms with Gasteiger partial charge in [-0.05, 0) is 6.92 Å². The number of Topliss-reactive ketones (excluding diaryl/α,β-unsaturated/α-hetero) is 1. The minimum absolute atomic E-state index is 0.593. The second kappa shape index (κ2) is 6.44. The van der Waals surface area contributed by atoms with E-state index in [9.17, 15) is 45.3 Å². The summed E-state index contributed by atoms with van der Waals surface area (Å²) in [5, 5.41) is 42.6. The van der Waals surface area contributed by atoms with Crippen LogP contribution in [0, 0.1) is 40.5 Å². The lowest BCUT2D eigenvalue weighted by molar-refractivity contribution is -0.824. The van der Waals surface area contributed by atoms with Gasteiger partial charge in [0.05, 0.1) is 26.1 Å². The van der Waals surface area contributed by atoms with E-state index in [-0.39, 0.29) is 0 Å². The molecule has 0 aromatic rings. The van der Waals surface area contributed by atoms with Crippen LogP contribution in [0.15, 0.2) is 0 Å². The Morgan fingerprint density at radius 1 is 1.00 bits per heavy atom. The van der Waals surface area contributed by atoms with E-state index >= 15 is 0 Å². The fraction of sp³-hybridized carbons (Fsp3) is 0.857. The van der Waals surface area contributed by atoms with Crippen LogP contribution in [0.25, 0.3) is 0 Å². The van der Waals surface area contributed by atoms with Crippen molar-refractivity contribution < 1.29 is 24.5 Å². The van der Waals surface area contributed by atoms with Crippen LogP contribution in [0.2, 0.25) is 0 Å². The number of nitro groups is 4. The molecule has 0 aliphatic carbocycles. The highest BCUT2D eigenvalue weighted by Gasteiger charge is 2.63. The zero-order valence-corrected chi connectivity index (χ0v) is 10.2. The van der Waals surface area contributed by atoms with Gasteiger partial charge in [0.15, 0.2) is 0 Å². The lowest BCUT2D eigenvalue weighted by atomic mass is 9.98. The van der Waals surface area contributed by atoms with Crippen LogP contribution < -0.4 is 0 Å². The van der Waals surface area contributed by atoms with Crippen LogP contribution in [0.4, 0.5) is 0 Å². The van der Waals surface area contributed by atoms with Crippen LogP contribution in [0.1, 0.15) is 26.2 Å². The van der Waals surface area contributed by atoms with Gasteiger partial charge in [0.1, 0.15) is 5.78 Å². The Hall–Kier alpha value is -2.73. The van der Waals surface area contributed by atoms with Crippen molar-refractivity contribution in [3.8, 4) is 0 Å². The molecule has 0 aliphatic rings. The van der Waals surface area contributed by atoms with Gasteiger partial charge >= 0.3 is 11.8 Å². The Morgan fingerprint density at radius 3 is 1.65 bits per heavy atom. The van der Waals surface area contributed by atoms with Crippen LogP contribution in [0.3, 0.4) is 0 Å². The van der Waals surface area contributed by atoms with Crippen LogP contribution in [-0.2, 0) is 4.79 Å². The van der Waals surface area contributed by atoms with Crippen molar-refractivity contribution in [2.24, 2.45) is 0 Å². The number of rotatable bonds is 9. The molecule has 0 amide bonds. The van der Waals surface area contributed by atoms with Crippen molar-refractivity contribution in [2.45, 2.75) is 38.0 Å². The standard InChI is InChI=1S/C7H10N4O9/c1-5(12)2-3-7(10(17)18,11(19)20)4-6(8(13)14)9(15)16/h6H,2-4H2,1H3. The Kier molecular flexibility index (Phi) is 5.56. The van der Waals surface area contributed by atoms with Crippen molar-refractivity contribution in [2.75, 3.05) is 0 Å². The maximum atomic E-state index is 10.9. The Morgan fingerprint density at radius 2 is 1.40 bits per heavy atom. The first-order chi connectivity index (χ1) is 9.04. The average molecular weight is 294 g/mol. The van der Waals surface area contributed by atoms with Crippen molar-refractivity contribution in [3.05, 3.63) is 40.5 Å². The summed E-state index contributed by atoms with van der Waals surface area (Å²) in [5.41, 5.74) is -3.14. The molecule has 0 fully saturated rings. The Balaban J connectivity index is 5.55. The highest BCUT2D eigenvalue weighted by atomic mass is 16.7. The number of ketones is 1. The monoisotopic (exact) mass is 294 g/mol. The van der Waals surface area contributed by atoms with Gasteiger partial charge in [-0.25, -0.2) is 0 Å². The molecule has 13 nitrogen and oxygen atoms in total. The molecule has 0 rings (SSSR count). The minimum Gasteiger partial charge on any atom is -0.300 e. The number of carbonyl (C=O) groups is 1. The summed E-state index contributed by atoms with van der Waals surface area (Å²) < 4.78 is 0. The van der Waals surface area contributed by atoms with Gasteiger partial charge in [-0.1, -0.05) is 0 Å². The predicted octanol–water partition coefficient (Wildman–Crippen LogP) is -0.125. The van der Waals surface area contributed by atoms with E-state index in [4.69, 9.17) is 0 Å². The van der Waals surface area contributed by atoms with E-state index in [0.717, 1.165) is 6.92 Å². The van der Waals surface area contributed by atoms with Gasteiger partial charge in [-0.2, -0.15) is 0 Å². The molecular formula is C7H10N4O9. The third-order valence-electron chi connectivity index (χ3n) is 2.55. The van der Waals surface area contributed by atoms with E-state index in [1.165, 1.54) is 0 Å². The second-order valence-electron chi connectivity index (χ2n) is 3.95. The Bertz CT molecular complexity index is 433. The first-order valence-corrected chi connectivity index (χ1v) is 5.10. The molecule has 0 aromatic heterocycles. The average Bonchev–Trinajstić information content (AvgIpc) is 2.26. The number of nitrogens with zero attached hydrogens (tertiary/aromatic N) is 4. The summed E-state index contributed by atoms with van der Waals surface area (Å²) in [6.45, 7) is 1.02. The molecule has 0 saturated heterocycles. The number of hydrogen-bond acceptors (Lipinski definition) is 9. The summed E-state index contributed by atoms with van der Waals surface area (Å²) >= 11 is 0. The first-order valence-electron chi connectivity index (χ1n) is 5.10. The summed E-state index contributed by atoms with van der Waals surface area (Å²) in [6, 6.07) is 0. The molecule has 0 unspecified atom stereocenters. The highest BCUT2D eigenvalue weighted by Crippen LogP contribution is 2.26. The van der Waals surface area contributed by atoms with E-state index in [1.807, 2.05) is 0 Å². The molecule has 13 heteroatoms. The van der Waals surface area contributed by atoms with Crippen LogP contribution in [-0.4, -0.2) is 37.3 Å². The molecule has 0 atom stereocenters. The maximum absolute atomic E-state index is 10.9. The zero-order valence-electron chi connectivity index (χ0n) is 10.2. The summed E-state index contributed by atoms with van der Waals surface area (Å²) in [6.07, 6.45) is -5.79. The lowest BCUT2D eigenvalue weighted by Gasteiger charge is -2.15. The topological polar surface area (TPSA) is 190 Å². The molecule has 112 valence electrons. The van der Waals surface area contributed by atoms with Gasteiger partial charge in [0.2, 0.25) is 6.42 Å². The van der Waals surface area contributed by atoms with E-state index in [2.05, 4.69) is 0 Å². The molecule has 20 heavy (non-hydrogen) atoms. The van der Waals surface area contributed by atoms with E-state index < -0.39 is 56.6 Å². The summed E-state index contributed by atoms with van der Waals surface area (Å²) in [7, 11) is 0. The van der Waals surface area contributed by atoms with Crippen LogP contribution >= 0.6 is 0 Å². The minimum atomic E-state index is -3.14. The predicted molar refractivity (Wildman–Crippen MR) is 59.0 cm³/mol. The third kappa shape index (κ3) is 3.89. The quantitative estimate of drug-likeness (QED) is 0.316. The van der Waals surface area contributed by atoms with Crippen molar-refractivity contribution in [1.82, 2.24) is 0 Å². The molecule has 0 aliphatic heterocycles. The largest absolute Gasteiger partial charge is 0.472 e. The summed E-state index contributed by atoms with van der Waals surface area (Å²) in [4.78, 5) is 47.6. The third-order valence-corrected chi connectivity index (χ3v) is 2.55. The van der Waals surface area contributed by atoms with Crippen molar-refractivity contribution in [3.63, 3.8) is 0 Å². The van der Waals surface area contributed by atoms with Gasteiger partial charge in [-0.15, -0.1) is 0 Å². The van der Waals surface area contributed by atoms with Crippen molar-refractivity contribution in [1.29, 1.82) is 0 Å². The molecule has 0 aromatic carbocycles. The maximum Gasteiger partial charge on any atom is 0.472 e. The van der Waals surface area contributed by atoms with Gasteiger partial charge in [-0.3, -0.25) is 40.5 Å². The molecule has 0 radical (unpaired) electrons. The number of hydrogen-bond donors (Lipinski definition) is 0. The number of carbonyl (C=O) groups excluding carboxylic acids is 1. The van der Waals surface area contributed by atoms with Gasteiger partial charge in [0, 0.05) is 6.42 Å². The second-order valence-corrected chi connectivity index (χ2v) is 3.95. The van der Waals surface area contributed by atoms with E-state index in [1.54, 1.807) is 0 Å². The fourth-order valence-corrected chi connectivity index (χ4v) is 1.40. The Labute approximate surface area is 110 Å².